The molecule has 6 heterocycles. The molecule has 1 atom stereocenters. The van der Waals surface area contributed by atoms with Gasteiger partial charge in [0, 0.05) is 68.4 Å². The zero-order chi connectivity index (χ0) is 40.0. The number of likely N-dealkylation sites (tertiary alicyclic amines) is 1. The summed E-state index contributed by atoms with van der Waals surface area (Å²) in [5.74, 6) is -0.462. The van der Waals surface area contributed by atoms with E-state index in [2.05, 4.69) is 32.0 Å². The van der Waals surface area contributed by atoms with Gasteiger partial charge in [-0.15, -0.1) is 0 Å². The molecule has 57 heavy (non-hydrogen) atoms. The minimum Gasteiger partial charge on any atom is -0.496 e. The van der Waals surface area contributed by atoms with Crippen LogP contribution in [-0.4, -0.2) is 114 Å². The largest absolute Gasteiger partial charge is 0.496 e. The first kappa shape index (κ1) is 38.3. The highest BCUT2D eigenvalue weighted by molar-refractivity contribution is 6.23. The number of unbranched alkanes of at least 4 members (excludes halogenated alkanes) is 1. The van der Waals surface area contributed by atoms with Crippen LogP contribution in [0.15, 0.2) is 59.8 Å². The van der Waals surface area contributed by atoms with E-state index in [9.17, 15) is 24.0 Å². The monoisotopic (exact) mass is 775 g/mol. The quantitative estimate of drug-likeness (QED) is 0.166. The van der Waals surface area contributed by atoms with Gasteiger partial charge in [0.15, 0.2) is 0 Å². The number of hydrogen-bond donors (Lipinski definition) is 1. The van der Waals surface area contributed by atoms with Crippen LogP contribution in [0.3, 0.4) is 0 Å². The van der Waals surface area contributed by atoms with Crippen LogP contribution >= 0.6 is 0 Å². The minimum atomic E-state index is -0.963. The van der Waals surface area contributed by atoms with Crippen LogP contribution in [0.5, 0.6) is 11.5 Å². The van der Waals surface area contributed by atoms with Crippen LogP contribution in [0.2, 0.25) is 0 Å². The Balaban J connectivity index is 0.808. The fourth-order valence-electron chi connectivity index (χ4n) is 9.07. The number of amides is 4. The lowest BCUT2D eigenvalue weighted by Crippen LogP contribution is -2.60. The number of nitrogens with one attached hydrogen (secondary N) is 1. The van der Waals surface area contributed by atoms with Gasteiger partial charge in [0.05, 0.1) is 36.3 Å². The minimum absolute atomic E-state index is 0.0918. The third-order valence-corrected chi connectivity index (χ3v) is 12.4. The van der Waals surface area contributed by atoms with E-state index in [1.165, 1.54) is 0 Å². The number of methoxy groups -OCH3 is 2. The van der Waals surface area contributed by atoms with E-state index in [0.717, 1.165) is 109 Å². The van der Waals surface area contributed by atoms with E-state index in [1.807, 2.05) is 30.5 Å². The molecule has 4 amide bonds. The van der Waals surface area contributed by atoms with Gasteiger partial charge in [-0.1, -0.05) is 0 Å². The number of nitrogens with zero attached hydrogens (tertiary/aromatic N) is 6. The summed E-state index contributed by atoms with van der Waals surface area (Å²) < 4.78 is 13.4. The number of ether oxygens (including phenoxy) is 2. The molecule has 0 saturated carbocycles. The Hall–Kier alpha value is -5.60. The van der Waals surface area contributed by atoms with Crippen molar-refractivity contribution in [3.63, 3.8) is 0 Å². The standard InChI is InChI=1S/C43H49N7O7/c1-46(23-34-36(56-3)19-27(20-37(34)57-4)33-24-47(2)40(53)32-22-44-14-11-29(32)33)15-5-6-16-48-17-12-43(13-18-48)25-49(26-43)28-7-8-30-31(21-28)42(55)50(41(30)54)35-9-10-38(51)45-39(35)52/h7-8,11,14,19-22,24,35H,5-6,9-10,12-13,15-18,23,25-26H2,1-4H3,(H,45,51,52). The van der Waals surface area contributed by atoms with Gasteiger partial charge in [-0.3, -0.25) is 39.2 Å². The van der Waals surface area contributed by atoms with Crippen molar-refractivity contribution in [1.82, 2.24) is 29.6 Å². The molecule has 14 nitrogen and oxygen atoms in total. The Labute approximate surface area is 331 Å². The molecule has 0 bridgehead atoms. The van der Waals surface area contributed by atoms with Crippen LogP contribution < -0.4 is 25.2 Å². The molecule has 4 aromatic rings. The second kappa shape index (κ2) is 15.4. The van der Waals surface area contributed by atoms with Crippen LogP contribution in [0.4, 0.5) is 5.69 Å². The normalized spacial score (nSPS) is 19.4. The fraction of sp³-hybridized carbons (Fsp3) is 0.442. The van der Waals surface area contributed by atoms with E-state index >= 15 is 0 Å². The number of imide groups is 2. The summed E-state index contributed by atoms with van der Waals surface area (Å²) in [6.07, 6.45) is 9.81. The molecule has 4 aliphatic rings. The predicted molar refractivity (Wildman–Crippen MR) is 215 cm³/mol. The number of carbonyl (C=O) groups is 4. The number of rotatable bonds is 12. The molecule has 2 aromatic carbocycles. The van der Waals surface area contributed by atoms with Gasteiger partial charge in [0.25, 0.3) is 17.4 Å². The Kier molecular flexibility index (Phi) is 10.3. The van der Waals surface area contributed by atoms with E-state index in [4.69, 9.17) is 9.47 Å². The van der Waals surface area contributed by atoms with Gasteiger partial charge in [-0.05, 0) is 113 Å². The lowest BCUT2D eigenvalue weighted by atomic mass is 9.71. The molecule has 3 fully saturated rings. The summed E-state index contributed by atoms with van der Waals surface area (Å²) in [6.45, 7) is 6.60. The molecule has 2 aromatic heterocycles. The van der Waals surface area contributed by atoms with Gasteiger partial charge in [0.2, 0.25) is 11.8 Å². The number of anilines is 1. The molecule has 1 spiro atoms. The van der Waals surface area contributed by atoms with Gasteiger partial charge < -0.3 is 28.7 Å². The van der Waals surface area contributed by atoms with Crippen LogP contribution in [0, 0.1) is 5.41 Å². The average Bonchev–Trinajstić information content (AvgIpc) is 3.45. The highest BCUT2D eigenvalue weighted by Crippen LogP contribution is 2.44. The molecule has 298 valence electrons. The van der Waals surface area contributed by atoms with Crippen molar-refractivity contribution in [3.8, 4) is 22.6 Å². The second-order valence-corrected chi connectivity index (χ2v) is 16.1. The number of pyridine rings is 2. The third kappa shape index (κ3) is 7.16. The van der Waals surface area contributed by atoms with E-state index < -0.39 is 23.8 Å². The number of fused-ring (bicyclic) bond motifs is 2. The molecular weight excluding hydrogens is 727 g/mol. The molecule has 1 unspecified atom stereocenters. The fourth-order valence-corrected chi connectivity index (χ4v) is 9.07. The number of aryl methyl sites for hydroxylation is 1. The van der Waals surface area contributed by atoms with Crippen molar-refractivity contribution in [2.75, 3.05) is 65.4 Å². The number of benzene rings is 2. The molecular formula is C43H49N7O7. The van der Waals surface area contributed by atoms with Crippen molar-refractivity contribution in [1.29, 1.82) is 0 Å². The predicted octanol–water partition coefficient (Wildman–Crippen LogP) is 3.83. The Morgan fingerprint density at radius 3 is 2.32 bits per heavy atom. The first-order valence-electron chi connectivity index (χ1n) is 19.7. The van der Waals surface area contributed by atoms with Crippen LogP contribution in [-0.2, 0) is 23.2 Å². The summed E-state index contributed by atoms with van der Waals surface area (Å²) >= 11 is 0. The van der Waals surface area contributed by atoms with Gasteiger partial charge in [0.1, 0.15) is 17.5 Å². The Bertz CT molecular complexity index is 2300. The molecule has 8 rings (SSSR count). The zero-order valence-electron chi connectivity index (χ0n) is 33.0. The van der Waals surface area contributed by atoms with Crippen molar-refractivity contribution in [3.05, 3.63) is 82.0 Å². The Morgan fingerprint density at radius 2 is 1.61 bits per heavy atom. The van der Waals surface area contributed by atoms with Crippen molar-refractivity contribution in [2.45, 2.75) is 51.1 Å². The van der Waals surface area contributed by atoms with Gasteiger partial charge >= 0.3 is 0 Å². The lowest BCUT2D eigenvalue weighted by Gasteiger charge is -2.55. The van der Waals surface area contributed by atoms with Crippen LogP contribution in [0.25, 0.3) is 21.9 Å². The van der Waals surface area contributed by atoms with Crippen molar-refractivity contribution < 1.29 is 28.7 Å². The Morgan fingerprint density at radius 1 is 0.895 bits per heavy atom. The smallest absolute Gasteiger partial charge is 0.262 e. The highest BCUT2D eigenvalue weighted by Gasteiger charge is 2.47. The zero-order valence-corrected chi connectivity index (χ0v) is 33.0. The summed E-state index contributed by atoms with van der Waals surface area (Å²) in [5, 5.41) is 3.64. The topological polar surface area (TPSA) is 147 Å². The van der Waals surface area contributed by atoms with Crippen molar-refractivity contribution in [2.24, 2.45) is 12.5 Å². The summed E-state index contributed by atoms with van der Waals surface area (Å²) in [4.78, 5) is 75.6. The van der Waals surface area contributed by atoms with E-state index in [0.29, 0.717) is 23.1 Å². The summed E-state index contributed by atoms with van der Waals surface area (Å²) in [6, 6.07) is 10.3. The SMILES string of the molecule is COc1cc(-c2cn(C)c(=O)c3cnccc23)cc(OC)c1CN(C)CCCCN1CCC2(CC1)CN(c1ccc3c(c1)C(=O)N(C1CCC(=O)NC1=O)C3=O)C2. The summed E-state index contributed by atoms with van der Waals surface area (Å²) in [5.41, 5.74) is 4.49. The molecule has 0 radical (unpaired) electrons. The number of hydrogen-bond acceptors (Lipinski definition) is 11. The van der Waals surface area contributed by atoms with Gasteiger partial charge in [-0.25, -0.2) is 0 Å². The molecule has 14 heteroatoms. The van der Waals surface area contributed by atoms with E-state index in [1.54, 1.807) is 50.4 Å². The van der Waals surface area contributed by atoms with Crippen molar-refractivity contribution >= 4 is 40.1 Å². The summed E-state index contributed by atoms with van der Waals surface area (Å²) in [7, 11) is 7.22. The molecule has 4 aliphatic heterocycles. The first-order chi connectivity index (χ1) is 27.5. The van der Waals surface area contributed by atoms with Gasteiger partial charge in [-0.2, -0.15) is 0 Å². The number of piperidine rings is 2. The molecule has 0 aliphatic carbocycles. The van der Waals surface area contributed by atoms with Crippen LogP contribution in [0.1, 0.15) is 64.8 Å². The average molecular weight is 776 g/mol. The molecule has 1 N–H and O–H groups in total. The first-order valence-corrected chi connectivity index (χ1v) is 19.7. The number of aromatic nitrogens is 2. The third-order valence-electron chi connectivity index (χ3n) is 12.4. The highest BCUT2D eigenvalue weighted by atomic mass is 16.5. The number of carbonyl (C=O) groups excluding carboxylic acids is 4. The second-order valence-electron chi connectivity index (χ2n) is 16.1. The molecule has 3 saturated heterocycles. The van der Waals surface area contributed by atoms with E-state index in [-0.39, 0.29) is 29.7 Å². The maximum Gasteiger partial charge on any atom is 0.262 e. The maximum absolute atomic E-state index is 13.3. The lowest BCUT2D eigenvalue weighted by molar-refractivity contribution is -0.136. The maximum atomic E-state index is 13.3.